The van der Waals surface area contributed by atoms with Crippen LogP contribution >= 0.6 is 11.8 Å². The highest BCUT2D eigenvalue weighted by Gasteiger charge is 2.30. The first kappa shape index (κ1) is 16.1. The van der Waals surface area contributed by atoms with Gasteiger partial charge in [-0.15, -0.1) is 10.2 Å². The van der Waals surface area contributed by atoms with Crippen LogP contribution in [0.15, 0.2) is 32.5 Å². The van der Waals surface area contributed by atoms with Crippen LogP contribution in [-0.2, 0) is 4.79 Å². The predicted molar refractivity (Wildman–Crippen MR) is 79.7 cm³/mol. The molecule has 0 saturated heterocycles. The lowest BCUT2D eigenvalue weighted by atomic mass is 9.90. The highest BCUT2D eigenvalue weighted by atomic mass is 32.2. The fourth-order valence-electron chi connectivity index (χ4n) is 1.52. The van der Waals surface area contributed by atoms with Crippen molar-refractivity contribution < 1.29 is 13.6 Å². The van der Waals surface area contributed by atoms with E-state index in [1.807, 2.05) is 13.8 Å². The van der Waals surface area contributed by atoms with Gasteiger partial charge in [-0.05, 0) is 25.0 Å². The van der Waals surface area contributed by atoms with Gasteiger partial charge < -0.3 is 14.2 Å². The molecular formula is C14H16N4O3S. The van der Waals surface area contributed by atoms with Crippen LogP contribution in [0.25, 0.3) is 11.7 Å². The summed E-state index contributed by atoms with van der Waals surface area (Å²) in [6.45, 7) is 5.45. The zero-order chi connectivity index (χ0) is 16.2. The van der Waals surface area contributed by atoms with Crippen LogP contribution in [0.3, 0.4) is 0 Å². The number of thioether (sulfide) groups is 1. The SMILES string of the molecule is CC(C)C(C)(C#N)NC(=O)CSc1nnc(-c2ccco2)o1. The van der Waals surface area contributed by atoms with E-state index in [-0.39, 0.29) is 28.7 Å². The highest BCUT2D eigenvalue weighted by molar-refractivity contribution is 7.99. The van der Waals surface area contributed by atoms with Crippen molar-refractivity contribution in [3.05, 3.63) is 18.4 Å². The molecule has 0 spiro atoms. The molecule has 1 N–H and O–H groups in total. The third-order valence-corrected chi connectivity index (χ3v) is 4.07. The highest BCUT2D eigenvalue weighted by Crippen LogP contribution is 2.23. The Kier molecular flexibility index (Phi) is 4.88. The van der Waals surface area contributed by atoms with Gasteiger partial charge in [-0.25, -0.2) is 0 Å². The summed E-state index contributed by atoms with van der Waals surface area (Å²) in [4.78, 5) is 11.9. The van der Waals surface area contributed by atoms with Crippen molar-refractivity contribution in [2.75, 3.05) is 5.75 Å². The maximum atomic E-state index is 11.9. The molecule has 2 aromatic rings. The van der Waals surface area contributed by atoms with Gasteiger partial charge >= 0.3 is 0 Å². The predicted octanol–water partition coefficient (Wildman–Crippen LogP) is 2.48. The second-order valence-electron chi connectivity index (χ2n) is 5.16. The number of carbonyl (C=O) groups excluding carboxylic acids is 1. The van der Waals surface area contributed by atoms with Gasteiger partial charge in [0.25, 0.3) is 11.1 Å². The topological polar surface area (TPSA) is 105 Å². The minimum Gasteiger partial charge on any atom is -0.459 e. The maximum absolute atomic E-state index is 11.9. The minimum absolute atomic E-state index is 0.000379. The van der Waals surface area contributed by atoms with Crippen molar-refractivity contribution in [2.24, 2.45) is 5.92 Å². The number of hydrogen-bond acceptors (Lipinski definition) is 7. The van der Waals surface area contributed by atoms with E-state index in [1.165, 1.54) is 6.26 Å². The van der Waals surface area contributed by atoms with Crippen molar-refractivity contribution in [1.29, 1.82) is 5.26 Å². The van der Waals surface area contributed by atoms with Crippen molar-refractivity contribution in [3.8, 4) is 17.7 Å². The molecule has 2 rings (SSSR count). The first-order chi connectivity index (χ1) is 10.4. The molecule has 22 heavy (non-hydrogen) atoms. The fourth-order valence-corrected chi connectivity index (χ4v) is 2.09. The zero-order valence-corrected chi connectivity index (χ0v) is 13.3. The number of amides is 1. The summed E-state index contributed by atoms with van der Waals surface area (Å²) in [6, 6.07) is 5.55. The summed E-state index contributed by atoms with van der Waals surface area (Å²) in [6.07, 6.45) is 1.51. The van der Waals surface area contributed by atoms with Crippen LogP contribution in [0.4, 0.5) is 0 Å². The van der Waals surface area contributed by atoms with Gasteiger partial charge in [0, 0.05) is 0 Å². The van der Waals surface area contributed by atoms with Crippen LogP contribution < -0.4 is 5.32 Å². The monoisotopic (exact) mass is 320 g/mol. The van der Waals surface area contributed by atoms with Gasteiger partial charge in [0.15, 0.2) is 5.76 Å². The Labute approximate surface area is 132 Å². The Hall–Kier alpha value is -2.27. The molecule has 8 heteroatoms. The molecule has 2 aromatic heterocycles. The number of furan rings is 1. The van der Waals surface area contributed by atoms with E-state index in [0.717, 1.165) is 11.8 Å². The van der Waals surface area contributed by atoms with Crippen LogP contribution in [0.5, 0.6) is 0 Å². The van der Waals surface area contributed by atoms with Gasteiger partial charge in [-0.2, -0.15) is 5.26 Å². The summed E-state index contributed by atoms with van der Waals surface area (Å²) in [5.41, 5.74) is -0.897. The molecule has 116 valence electrons. The molecule has 0 aliphatic carbocycles. The lowest BCUT2D eigenvalue weighted by Crippen LogP contribution is -2.49. The van der Waals surface area contributed by atoms with Gasteiger partial charge in [0.05, 0.1) is 18.1 Å². The van der Waals surface area contributed by atoms with Crippen LogP contribution in [0.2, 0.25) is 0 Å². The number of nitrogens with one attached hydrogen (secondary N) is 1. The van der Waals surface area contributed by atoms with Crippen LogP contribution in [0, 0.1) is 17.2 Å². The first-order valence-corrected chi connectivity index (χ1v) is 7.65. The molecule has 1 amide bonds. The Morgan fingerprint density at radius 2 is 2.32 bits per heavy atom. The zero-order valence-electron chi connectivity index (χ0n) is 12.5. The largest absolute Gasteiger partial charge is 0.459 e. The Bertz CT molecular complexity index is 675. The normalized spacial score (nSPS) is 13.6. The quantitative estimate of drug-likeness (QED) is 0.815. The summed E-state index contributed by atoms with van der Waals surface area (Å²) >= 11 is 1.11. The average molecular weight is 320 g/mol. The van der Waals surface area contributed by atoms with Crippen LogP contribution in [-0.4, -0.2) is 27.4 Å². The Balaban J connectivity index is 1.91. The van der Waals surface area contributed by atoms with E-state index in [4.69, 9.17) is 8.83 Å². The number of nitriles is 1. The number of hydrogen-bond donors (Lipinski definition) is 1. The molecule has 0 bridgehead atoms. The Morgan fingerprint density at radius 1 is 1.55 bits per heavy atom. The smallest absolute Gasteiger partial charge is 0.284 e. The summed E-state index contributed by atoms with van der Waals surface area (Å²) in [5, 5.41) is 19.8. The molecule has 0 aromatic carbocycles. The van der Waals surface area contributed by atoms with E-state index < -0.39 is 5.54 Å². The molecule has 0 saturated carbocycles. The van der Waals surface area contributed by atoms with E-state index in [1.54, 1.807) is 19.1 Å². The van der Waals surface area contributed by atoms with Crippen molar-refractivity contribution >= 4 is 17.7 Å². The number of carbonyl (C=O) groups is 1. The summed E-state index contributed by atoms with van der Waals surface area (Å²) in [7, 11) is 0. The van der Waals surface area contributed by atoms with Gasteiger partial charge in [-0.3, -0.25) is 4.79 Å². The summed E-state index contributed by atoms with van der Waals surface area (Å²) in [5.74, 6) is 0.558. The average Bonchev–Trinajstić information content (AvgIpc) is 3.15. The Morgan fingerprint density at radius 3 is 2.91 bits per heavy atom. The molecule has 1 atom stereocenters. The van der Waals surface area contributed by atoms with Crippen molar-refractivity contribution in [2.45, 2.75) is 31.5 Å². The number of rotatable bonds is 6. The molecule has 1 unspecified atom stereocenters. The number of nitrogens with zero attached hydrogens (tertiary/aromatic N) is 3. The molecule has 7 nitrogen and oxygen atoms in total. The lowest BCUT2D eigenvalue weighted by Gasteiger charge is -2.27. The van der Waals surface area contributed by atoms with Gasteiger partial charge in [0.2, 0.25) is 5.91 Å². The second-order valence-corrected chi connectivity index (χ2v) is 6.08. The van der Waals surface area contributed by atoms with Crippen LogP contribution in [0.1, 0.15) is 20.8 Å². The minimum atomic E-state index is -0.897. The van der Waals surface area contributed by atoms with Crippen molar-refractivity contribution in [1.82, 2.24) is 15.5 Å². The number of aromatic nitrogens is 2. The molecule has 0 radical (unpaired) electrons. The molecule has 0 aliphatic heterocycles. The first-order valence-electron chi connectivity index (χ1n) is 6.67. The standard InChI is InChI=1S/C14H16N4O3S/c1-9(2)14(3,8-15)16-11(19)7-22-13-18-17-12(21-13)10-5-4-6-20-10/h4-6,9H,7H2,1-3H3,(H,16,19). The molecular weight excluding hydrogens is 304 g/mol. The van der Waals surface area contributed by atoms with E-state index >= 15 is 0 Å². The molecule has 0 aliphatic rings. The maximum Gasteiger partial charge on any atom is 0.284 e. The van der Waals surface area contributed by atoms with Gasteiger partial charge in [-0.1, -0.05) is 25.6 Å². The molecule has 2 heterocycles. The van der Waals surface area contributed by atoms with Crippen molar-refractivity contribution in [3.63, 3.8) is 0 Å². The third kappa shape index (κ3) is 3.68. The third-order valence-electron chi connectivity index (χ3n) is 3.25. The fraction of sp³-hybridized carbons (Fsp3) is 0.429. The van der Waals surface area contributed by atoms with E-state index in [2.05, 4.69) is 21.6 Å². The lowest BCUT2D eigenvalue weighted by molar-refractivity contribution is -0.120. The second kappa shape index (κ2) is 6.66. The summed E-state index contributed by atoms with van der Waals surface area (Å²) < 4.78 is 10.5. The van der Waals surface area contributed by atoms with E-state index in [0.29, 0.717) is 5.76 Å². The molecule has 0 fully saturated rings. The van der Waals surface area contributed by atoms with Gasteiger partial charge in [0.1, 0.15) is 5.54 Å². The van der Waals surface area contributed by atoms with E-state index in [9.17, 15) is 10.1 Å².